The summed E-state index contributed by atoms with van der Waals surface area (Å²) in [6, 6.07) is 8.70. The quantitative estimate of drug-likeness (QED) is 0.325. The molecule has 2 aromatic rings. The number of aromatic nitrogens is 1. The lowest BCUT2D eigenvalue weighted by atomic mass is 10.1. The molecule has 0 aliphatic heterocycles. The van der Waals surface area contributed by atoms with Gasteiger partial charge in [0.1, 0.15) is 11.0 Å². The number of nitrogens with one attached hydrogen (secondary N) is 2. The number of hydrogen-bond donors (Lipinski definition) is 2. The second kappa shape index (κ2) is 9.67. The fourth-order valence-electron chi connectivity index (χ4n) is 1.92. The van der Waals surface area contributed by atoms with E-state index in [-0.39, 0.29) is 29.8 Å². The van der Waals surface area contributed by atoms with E-state index < -0.39 is 0 Å². The van der Waals surface area contributed by atoms with Crippen LogP contribution in [0.3, 0.4) is 0 Å². The zero-order valence-corrected chi connectivity index (χ0v) is 16.0. The van der Waals surface area contributed by atoms with Crippen molar-refractivity contribution in [2.24, 2.45) is 4.99 Å². The molecule has 1 aromatic heterocycles. The molecule has 1 aromatic carbocycles. The van der Waals surface area contributed by atoms with Gasteiger partial charge in [0.2, 0.25) is 0 Å². The highest BCUT2D eigenvalue weighted by atomic mass is 127. The fraction of sp³-hybridized carbons (Fsp3) is 0.250. The lowest BCUT2D eigenvalue weighted by Crippen LogP contribution is -2.36. The number of halogens is 3. The highest BCUT2D eigenvalue weighted by molar-refractivity contribution is 14.0. The summed E-state index contributed by atoms with van der Waals surface area (Å²) in [5.41, 5.74) is 2.63. The largest absolute Gasteiger partial charge is 0.352 e. The number of rotatable bonds is 4. The Balaban J connectivity index is 0.00000264. The summed E-state index contributed by atoms with van der Waals surface area (Å²) in [5, 5.41) is 6.84. The Bertz CT molecular complexity index is 662. The fourth-order valence-corrected chi connectivity index (χ4v) is 2.03. The second-order valence-electron chi connectivity index (χ2n) is 4.85. The van der Waals surface area contributed by atoms with Crippen LogP contribution in [0.2, 0.25) is 5.15 Å². The van der Waals surface area contributed by atoms with Crippen LogP contribution in [0.5, 0.6) is 0 Å². The molecule has 0 aliphatic rings. The molecule has 0 saturated carbocycles. The van der Waals surface area contributed by atoms with Crippen LogP contribution in [-0.2, 0) is 13.1 Å². The van der Waals surface area contributed by atoms with Crippen LogP contribution in [0.15, 0.2) is 41.5 Å². The Morgan fingerprint density at radius 3 is 2.39 bits per heavy atom. The van der Waals surface area contributed by atoms with Crippen LogP contribution >= 0.6 is 35.6 Å². The molecule has 7 heteroatoms. The van der Waals surface area contributed by atoms with Crippen LogP contribution in [0.1, 0.15) is 16.7 Å². The van der Waals surface area contributed by atoms with E-state index in [0.717, 1.165) is 11.1 Å². The van der Waals surface area contributed by atoms with Gasteiger partial charge in [-0.1, -0.05) is 29.8 Å². The zero-order chi connectivity index (χ0) is 15.9. The number of aliphatic imine (C=N–C) groups is 1. The van der Waals surface area contributed by atoms with E-state index in [1.807, 2.05) is 12.1 Å². The van der Waals surface area contributed by atoms with Gasteiger partial charge in [0.15, 0.2) is 5.96 Å². The van der Waals surface area contributed by atoms with Crippen molar-refractivity contribution in [3.63, 3.8) is 0 Å². The van der Waals surface area contributed by atoms with Crippen molar-refractivity contribution in [3.05, 3.63) is 64.2 Å². The van der Waals surface area contributed by atoms with E-state index in [1.165, 1.54) is 6.07 Å². The summed E-state index contributed by atoms with van der Waals surface area (Å²) >= 11 is 5.75. The van der Waals surface area contributed by atoms with Crippen molar-refractivity contribution in [2.45, 2.75) is 20.0 Å². The van der Waals surface area contributed by atoms with Gasteiger partial charge < -0.3 is 10.6 Å². The lowest BCUT2D eigenvalue weighted by molar-refractivity contribution is 0.617. The SMILES string of the molecule is CN=C(NCc1ccc(Cl)nc1)NCc1ccc(F)c(C)c1.I. The van der Waals surface area contributed by atoms with Gasteiger partial charge in [0.05, 0.1) is 0 Å². The number of hydrogen-bond acceptors (Lipinski definition) is 2. The molecule has 23 heavy (non-hydrogen) atoms. The Labute approximate surface area is 157 Å². The number of aryl methyl sites for hydroxylation is 1. The highest BCUT2D eigenvalue weighted by Gasteiger charge is 2.02. The first-order valence-corrected chi connectivity index (χ1v) is 7.26. The summed E-state index contributed by atoms with van der Waals surface area (Å²) in [4.78, 5) is 8.17. The van der Waals surface area contributed by atoms with Gasteiger partial charge in [-0.05, 0) is 35.7 Å². The van der Waals surface area contributed by atoms with Crippen molar-refractivity contribution in [3.8, 4) is 0 Å². The van der Waals surface area contributed by atoms with E-state index in [0.29, 0.717) is 29.8 Å². The van der Waals surface area contributed by atoms with Crippen LogP contribution in [0, 0.1) is 12.7 Å². The average molecular weight is 449 g/mol. The Morgan fingerprint density at radius 2 is 1.83 bits per heavy atom. The van der Waals surface area contributed by atoms with E-state index in [2.05, 4.69) is 20.6 Å². The smallest absolute Gasteiger partial charge is 0.191 e. The first-order valence-electron chi connectivity index (χ1n) is 6.88. The summed E-state index contributed by atoms with van der Waals surface area (Å²) in [6.45, 7) is 2.91. The van der Waals surface area contributed by atoms with Crippen molar-refractivity contribution in [1.29, 1.82) is 0 Å². The Kier molecular flexibility index (Phi) is 8.25. The summed E-state index contributed by atoms with van der Waals surface area (Å²) < 4.78 is 13.2. The third kappa shape index (κ3) is 6.31. The monoisotopic (exact) mass is 448 g/mol. The number of nitrogens with zero attached hydrogens (tertiary/aromatic N) is 2. The maximum Gasteiger partial charge on any atom is 0.191 e. The molecule has 0 atom stereocenters. The first-order chi connectivity index (χ1) is 10.6. The van der Waals surface area contributed by atoms with Crippen LogP contribution in [0.25, 0.3) is 0 Å². The van der Waals surface area contributed by atoms with Crippen molar-refractivity contribution in [2.75, 3.05) is 7.05 Å². The molecular weight excluding hydrogens is 430 g/mol. The van der Waals surface area contributed by atoms with Crippen LogP contribution < -0.4 is 10.6 Å². The zero-order valence-electron chi connectivity index (χ0n) is 12.9. The second-order valence-corrected chi connectivity index (χ2v) is 5.24. The van der Waals surface area contributed by atoms with Gasteiger partial charge in [0, 0.05) is 26.3 Å². The standard InChI is InChI=1S/C16H18ClFN4.HI/c1-11-7-12(3-5-14(11)18)8-21-16(19-2)22-10-13-4-6-15(17)20-9-13;/h3-7,9H,8,10H2,1-2H3,(H2,19,21,22);1H. The van der Waals surface area contributed by atoms with Gasteiger partial charge in [-0.2, -0.15) is 0 Å². The predicted molar refractivity (Wildman–Crippen MR) is 103 cm³/mol. The molecule has 0 fully saturated rings. The molecule has 124 valence electrons. The molecular formula is C16H19ClFIN4. The molecule has 1 heterocycles. The minimum atomic E-state index is -0.193. The van der Waals surface area contributed by atoms with Gasteiger partial charge in [-0.3, -0.25) is 4.99 Å². The van der Waals surface area contributed by atoms with Crippen LogP contribution in [-0.4, -0.2) is 18.0 Å². The molecule has 0 unspecified atom stereocenters. The molecule has 2 N–H and O–H groups in total. The van der Waals surface area contributed by atoms with E-state index in [4.69, 9.17) is 11.6 Å². The molecule has 0 radical (unpaired) electrons. The minimum absolute atomic E-state index is 0. The summed E-state index contributed by atoms with van der Waals surface area (Å²) in [7, 11) is 1.70. The van der Waals surface area contributed by atoms with E-state index in [1.54, 1.807) is 32.3 Å². The average Bonchev–Trinajstić information content (AvgIpc) is 2.52. The van der Waals surface area contributed by atoms with Crippen LogP contribution in [0.4, 0.5) is 4.39 Å². The van der Waals surface area contributed by atoms with Gasteiger partial charge >= 0.3 is 0 Å². The molecule has 0 spiro atoms. The van der Waals surface area contributed by atoms with E-state index in [9.17, 15) is 4.39 Å². The highest BCUT2D eigenvalue weighted by Crippen LogP contribution is 2.09. The summed E-state index contributed by atoms with van der Waals surface area (Å²) in [5.74, 6) is 0.471. The number of benzene rings is 1. The maximum absolute atomic E-state index is 13.2. The summed E-state index contributed by atoms with van der Waals surface area (Å²) in [6.07, 6.45) is 1.71. The molecule has 0 bridgehead atoms. The number of guanidine groups is 1. The Morgan fingerprint density at radius 1 is 1.17 bits per heavy atom. The molecule has 0 saturated heterocycles. The normalized spacial score (nSPS) is 10.9. The van der Waals surface area contributed by atoms with Crippen molar-refractivity contribution in [1.82, 2.24) is 15.6 Å². The third-order valence-electron chi connectivity index (χ3n) is 3.15. The van der Waals surface area contributed by atoms with Gasteiger partial charge in [-0.25, -0.2) is 9.37 Å². The molecule has 0 aliphatic carbocycles. The maximum atomic E-state index is 13.2. The molecule has 2 rings (SSSR count). The first kappa shape index (κ1) is 19.6. The minimum Gasteiger partial charge on any atom is -0.352 e. The topological polar surface area (TPSA) is 49.3 Å². The van der Waals surface area contributed by atoms with Gasteiger partial charge in [0.25, 0.3) is 0 Å². The van der Waals surface area contributed by atoms with Crippen molar-refractivity contribution < 1.29 is 4.39 Å². The lowest BCUT2D eigenvalue weighted by Gasteiger charge is -2.12. The number of pyridine rings is 1. The molecule has 4 nitrogen and oxygen atoms in total. The van der Waals surface area contributed by atoms with Gasteiger partial charge in [-0.15, -0.1) is 24.0 Å². The molecule has 0 amide bonds. The van der Waals surface area contributed by atoms with E-state index >= 15 is 0 Å². The predicted octanol–water partition coefficient (Wildman–Crippen LogP) is 3.67. The van der Waals surface area contributed by atoms with Crippen molar-refractivity contribution >= 4 is 41.5 Å². The Hall–Kier alpha value is -1.41. The third-order valence-corrected chi connectivity index (χ3v) is 3.38.